The molecule has 0 aromatic heterocycles. The maximum Gasteiger partial charge on any atom is 0.149 e. The number of hydrogen-bond donors (Lipinski definition) is 2. The van der Waals surface area contributed by atoms with Gasteiger partial charge in [0.1, 0.15) is 9.84 Å². The number of hydrazine groups is 1. The minimum atomic E-state index is -3.05. The second-order valence-corrected chi connectivity index (χ2v) is 6.42. The summed E-state index contributed by atoms with van der Waals surface area (Å²) in [6.07, 6.45) is 1.21. The molecular weight excluding hydrogens is 224 g/mol. The van der Waals surface area contributed by atoms with Crippen LogP contribution in [0.25, 0.3) is 0 Å². The Morgan fingerprint density at radius 1 is 1.25 bits per heavy atom. The summed E-state index contributed by atoms with van der Waals surface area (Å²) in [6, 6.07) is 5.58. The molecule has 0 radical (unpaired) electrons. The molecule has 0 amide bonds. The smallest absolute Gasteiger partial charge is 0.149 e. The van der Waals surface area contributed by atoms with Crippen LogP contribution in [0.2, 0.25) is 0 Å². The van der Waals surface area contributed by atoms with Crippen LogP contribution in [0.1, 0.15) is 22.7 Å². The third-order valence-electron chi connectivity index (χ3n) is 2.32. The van der Waals surface area contributed by atoms with Crippen molar-refractivity contribution in [2.24, 2.45) is 5.84 Å². The fraction of sp³-hybridized carbons (Fsp3) is 0.455. The van der Waals surface area contributed by atoms with Crippen molar-refractivity contribution in [3.8, 4) is 0 Å². The van der Waals surface area contributed by atoms with Crippen LogP contribution in [0.5, 0.6) is 0 Å². The molecule has 1 rings (SSSR count). The molecule has 0 aliphatic heterocycles. The van der Waals surface area contributed by atoms with E-state index in [4.69, 9.17) is 5.84 Å². The molecule has 0 heterocycles. The summed E-state index contributed by atoms with van der Waals surface area (Å²) < 4.78 is 22.5. The van der Waals surface area contributed by atoms with E-state index in [0.29, 0.717) is 0 Å². The summed E-state index contributed by atoms with van der Waals surface area (Å²) >= 11 is 0. The van der Waals surface area contributed by atoms with Crippen molar-refractivity contribution < 1.29 is 8.42 Å². The van der Waals surface area contributed by atoms with E-state index in [1.54, 1.807) is 0 Å². The Labute approximate surface area is 96.7 Å². The van der Waals surface area contributed by atoms with E-state index in [2.05, 4.69) is 5.43 Å². The summed E-state index contributed by atoms with van der Waals surface area (Å²) in [5.74, 6) is 5.40. The molecule has 0 spiro atoms. The van der Waals surface area contributed by atoms with Crippen LogP contribution in [0.4, 0.5) is 0 Å². The Morgan fingerprint density at radius 3 is 2.12 bits per heavy atom. The van der Waals surface area contributed by atoms with Gasteiger partial charge in [-0.1, -0.05) is 29.3 Å². The van der Waals surface area contributed by atoms with Gasteiger partial charge in [-0.05, 0) is 19.4 Å². The van der Waals surface area contributed by atoms with Crippen molar-refractivity contribution >= 4 is 9.84 Å². The topological polar surface area (TPSA) is 72.2 Å². The monoisotopic (exact) mass is 242 g/mol. The first-order valence-corrected chi connectivity index (χ1v) is 7.10. The van der Waals surface area contributed by atoms with E-state index in [0.717, 1.165) is 16.7 Å². The zero-order chi connectivity index (χ0) is 12.3. The highest BCUT2D eigenvalue weighted by molar-refractivity contribution is 7.90. The number of nitrogens with two attached hydrogens (primary N) is 1. The van der Waals surface area contributed by atoms with Crippen LogP contribution in [-0.2, 0) is 9.84 Å². The van der Waals surface area contributed by atoms with Gasteiger partial charge in [0.25, 0.3) is 0 Å². The second kappa shape index (κ2) is 4.95. The van der Waals surface area contributed by atoms with E-state index >= 15 is 0 Å². The maximum atomic E-state index is 11.2. The molecule has 5 heteroatoms. The highest BCUT2D eigenvalue weighted by Gasteiger charge is 2.16. The molecule has 3 N–H and O–H groups in total. The fourth-order valence-corrected chi connectivity index (χ4v) is 2.65. The van der Waals surface area contributed by atoms with Gasteiger partial charge in [0.2, 0.25) is 0 Å². The number of aryl methyl sites for hydroxylation is 2. The largest absolute Gasteiger partial charge is 0.271 e. The highest BCUT2D eigenvalue weighted by atomic mass is 32.2. The first-order valence-electron chi connectivity index (χ1n) is 5.04. The van der Waals surface area contributed by atoms with Gasteiger partial charge in [-0.3, -0.25) is 11.3 Å². The first-order chi connectivity index (χ1) is 7.31. The van der Waals surface area contributed by atoms with Crippen molar-refractivity contribution in [2.45, 2.75) is 19.9 Å². The zero-order valence-corrected chi connectivity index (χ0v) is 10.6. The number of rotatable bonds is 4. The lowest BCUT2D eigenvalue weighted by atomic mass is 10.0. The molecule has 4 nitrogen and oxygen atoms in total. The fourth-order valence-electron chi connectivity index (χ4n) is 1.75. The Kier molecular flexibility index (Phi) is 4.07. The Bertz CT molecular complexity index is 449. The molecule has 1 aromatic rings. The number of sulfone groups is 1. The van der Waals surface area contributed by atoms with Crippen LogP contribution in [0.15, 0.2) is 18.2 Å². The van der Waals surface area contributed by atoms with Crippen molar-refractivity contribution in [1.29, 1.82) is 0 Å². The van der Waals surface area contributed by atoms with E-state index < -0.39 is 9.84 Å². The minimum absolute atomic E-state index is 0.00634. The lowest BCUT2D eigenvalue weighted by molar-refractivity contribution is 0.564. The summed E-state index contributed by atoms with van der Waals surface area (Å²) in [4.78, 5) is 0. The molecule has 0 fully saturated rings. The van der Waals surface area contributed by atoms with Gasteiger partial charge in [0.15, 0.2) is 0 Å². The third-order valence-corrected chi connectivity index (χ3v) is 3.26. The molecule has 0 bridgehead atoms. The summed E-state index contributed by atoms with van der Waals surface area (Å²) in [5.41, 5.74) is 5.66. The summed E-state index contributed by atoms with van der Waals surface area (Å²) in [5, 5.41) is 0. The predicted octanol–water partition coefficient (Wildman–Crippen LogP) is 0.852. The Morgan fingerprint density at radius 2 is 1.75 bits per heavy atom. The van der Waals surface area contributed by atoms with Crippen LogP contribution >= 0.6 is 0 Å². The number of benzene rings is 1. The van der Waals surface area contributed by atoms with Crippen molar-refractivity contribution in [1.82, 2.24) is 5.43 Å². The van der Waals surface area contributed by atoms with Gasteiger partial charge < -0.3 is 0 Å². The van der Waals surface area contributed by atoms with Crippen LogP contribution < -0.4 is 11.3 Å². The van der Waals surface area contributed by atoms with E-state index in [1.165, 1.54) is 6.26 Å². The van der Waals surface area contributed by atoms with Crippen LogP contribution in [-0.4, -0.2) is 20.4 Å². The van der Waals surface area contributed by atoms with Gasteiger partial charge >= 0.3 is 0 Å². The van der Waals surface area contributed by atoms with Gasteiger partial charge in [0.05, 0.1) is 11.8 Å². The van der Waals surface area contributed by atoms with Gasteiger partial charge in [-0.2, -0.15) is 0 Å². The number of nitrogens with one attached hydrogen (secondary N) is 1. The Hall–Kier alpha value is -0.910. The van der Waals surface area contributed by atoms with Crippen molar-refractivity contribution in [2.75, 3.05) is 12.0 Å². The zero-order valence-electron chi connectivity index (χ0n) is 9.82. The average molecular weight is 242 g/mol. The van der Waals surface area contributed by atoms with Crippen molar-refractivity contribution in [3.05, 3.63) is 34.9 Å². The van der Waals surface area contributed by atoms with Crippen LogP contribution in [0.3, 0.4) is 0 Å². The average Bonchev–Trinajstić information content (AvgIpc) is 2.11. The first kappa shape index (κ1) is 13.2. The second-order valence-electron chi connectivity index (χ2n) is 4.23. The maximum absolute atomic E-state index is 11.2. The SMILES string of the molecule is Cc1cc(C)cc(C(CS(C)(=O)=O)NN)c1. The van der Waals surface area contributed by atoms with E-state index in [9.17, 15) is 8.42 Å². The minimum Gasteiger partial charge on any atom is -0.271 e. The quantitative estimate of drug-likeness (QED) is 0.606. The van der Waals surface area contributed by atoms with E-state index in [-0.39, 0.29) is 11.8 Å². The molecule has 1 unspecified atom stereocenters. The molecule has 0 aliphatic rings. The molecule has 16 heavy (non-hydrogen) atoms. The van der Waals surface area contributed by atoms with Crippen molar-refractivity contribution in [3.63, 3.8) is 0 Å². The lowest BCUT2D eigenvalue weighted by Gasteiger charge is -2.16. The number of hydrogen-bond acceptors (Lipinski definition) is 4. The van der Waals surface area contributed by atoms with Gasteiger partial charge in [-0.25, -0.2) is 8.42 Å². The third kappa shape index (κ3) is 3.92. The predicted molar refractivity (Wildman–Crippen MR) is 65.7 cm³/mol. The summed E-state index contributed by atoms with van der Waals surface area (Å²) in [6.45, 7) is 3.95. The van der Waals surface area contributed by atoms with E-state index in [1.807, 2.05) is 32.0 Å². The van der Waals surface area contributed by atoms with Gasteiger partial charge in [-0.15, -0.1) is 0 Å². The normalized spacial score (nSPS) is 13.8. The molecule has 0 aliphatic carbocycles. The molecule has 0 saturated heterocycles. The molecule has 0 saturated carbocycles. The summed E-state index contributed by atoms with van der Waals surface area (Å²) in [7, 11) is -3.05. The van der Waals surface area contributed by atoms with Crippen LogP contribution in [0, 0.1) is 13.8 Å². The molecular formula is C11H18N2O2S. The molecule has 1 aromatic carbocycles. The molecule has 90 valence electrons. The van der Waals surface area contributed by atoms with Gasteiger partial charge in [0, 0.05) is 6.26 Å². The lowest BCUT2D eigenvalue weighted by Crippen LogP contribution is -2.33. The standard InChI is InChI=1S/C11H18N2O2S/c1-8-4-9(2)6-10(5-8)11(13-12)7-16(3,14)15/h4-6,11,13H,7,12H2,1-3H3. The Balaban J connectivity index is 3.04. The molecule has 1 atom stereocenters. The highest BCUT2D eigenvalue weighted by Crippen LogP contribution is 2.17.